The first-order valence-corrected chi connectivity index (χ1v) is 11.6. The van der Waals surface area contributed by atoms with Crippen LogP contribution in [-0.4, -0.2) is 85.8 Å². The molecular formula is C19H37Br2K2O8S4-. The van der Waals surface area contributed by atoms with Crippen LogP contribution in [0.4, 0.5) is 0 Å². The van der Waals surface area contributed by atoms with Crippen molar-refractivity contribution in [3.63, 3.8) is 0 Å². The number of hydrogen-bond donors (Lipinski definition) is 0. The topological polar surface area (TPSA) is 89.5 Å². The van der Waals surface area contributed by atoms with Crippen LogP contribution in [0.2, 0.25) is 0 Å². The molecule has 0 fully saturated rings. The minimum absolute atomic E-state index is 0. The van der Waals surface area contributed by atoms with Gasteiger partial charge in [0.25, 0.3) is 0 Å². The van der Waals surface area contributed by atoms with E-state index in [2.05, 4.69) is 43.2 Å². The number of thiol groups is 1. The largest absolute Gasteiger partial charge is 1.00 e. The Hall–Kier alpha value is 3.57. The van der Waals surface area contributed by atoms with Gasteiger partial charge in [-0.3, -0.25) is 9.59 Å². The van der Waals surface area contributed by atoms with E-state index in [1.54, 1.807) is 28.1 Å². The predicted octanol–water partition coefficient (Wildman–Crippen LogP) is -5.19. The zero-order chi connectivity index (χ0) is 23.8. The maximum atomic E-state index is 11.3. The molecule has 8 nitrogen and oxygen atoms in total. The Balaban J connectivity index is -0.0000000537. The van der Waals surface area contributed by atoms with E-state index >= 15 is 0 Å². The molecule has 2 atom stereocenters. The molecule has 0 radical (unpaired) electrons. The predicted molar refractivity (Wildman–Crippen MR) is 145 cm³/mol. The summed E-state index contributed by atoms with van der Waals surface area (Å²) < 4.78 is 28.9. The fourth-order valence-electron chi connectivity index (χ4n) is 1.09. The first-order valence-electron chi connectivity index (χ1n) is 8.99. The molecule has 0 aliphatic carbocycles. The Morgan fingerprint density at radius 1 is 0.914 bits per heavy atom. The van der Waals surface area contributed by atoms with Crippen LogP contribution in [0.25, 0.3) is 0 Å². The minimum atomic E-state index is -0.346. The second-order valence-corrected chi connectivity index (χ2v) is 8.38. The SMILES string of the molecule is C.CCOC(=S)SC(C)C(=O)OCCOC.CCO[C-]=S.COCCOC(=O)C(C)Br.[Br-].[K+].[K+].[SH-]. The number of ether oxygens (including phenoxy) is 6. The van der Waals surface area contributed by atoms with E-state index in [0.29, 0.717) is 37.4 Å². The van der Waals surface area contributed by atoms with Gasteiger partial charge in [-0.2, -0.15) is 0 Å². The molecule has 2 unspecified atom stereocenters. The van der Waals surface area contributed by atoms with E-state index in [4.69, 9.17) is 31.2 Å². The number of alkyl halides is 1. The standard InChI is InChI=1S/C9H16O4S2.C6H11BrO3.C3H5OS.CH4.BrH.2K.H2S/c1-4-12-9(14)15-7(2)8(10)13-6-5-11-3;1-5(7)6(8)10-4-3-9-2;1-2-4-3-5;;;;;/h7H,4-6H2,1-3H3;5H,3-4H2,1-2H3;2H2,1H3;1H4;1H;;;1H2/q;;-1;;;2*+1;/p-2. The van der Waals surface area contributed by atoms with Crippen LogP contribution in [-0.2, 0) is 51.5 Å². The summed E-state index contributed by atoms with van der Waals surface area (Å²) in [6, 6.07) is 0. The van der Waals surface area contributed by atoms with E-state index < -0.39 is 0 Å². The third-order valence-corrected chi connectivity index (χ3v) is 4.21. The zero-order valence-electron chi connectivity index (χ0n) is 21.1. The van der Waals surface area contributed by atoms with E-state index in [9.17, 15) is 9.59 Å². The number of thiocarbonyl (C=S) groups is 2. The summed E-state index contributed by atoms with van der Waals surface area (Å²) in [5, 5.41) is -0.346. The number of carbonyl (C=O) groups excluding carboxylic acids is 2. The molecule has 0 N–H and O–H groups in total. The molecule has 0 saturated carbocycles. The Kier molecular flexibility index (Phi) is 78.8. The summed E-state index contributed by atoms with van der Waals surface area (Å²) in [4.78, 5) is 21.8. The van der Waals surface area contributed by atoms with E-state index in [1.165, 1.54) is 11.8 Å². The van der Waals surface area contributed by atoms with Crippen molar-refractivity contribution in [2.24, 2.45) is 0 Å². The molecule has 0 heterocycles. The minimum Gasteiger partial charge on any atom is -1.00 e. The molecule has 202 valence electrons. The van der Waals surface area contributed by atoms with Gasteiger partial charge in [-0.1, -0.05) is 35.1 Å². The summed E-state index contributed by atoms with van der Waals surface area (Å²) in [6.45, 7) is 9.73. The molecule has 0 aromatic rings. The van der Waals surface area contributed by atoms with E-state index in [1.807, 2.05) is 13.8 Å². The number of esters is 2. The summed E-state index contributed by atoms with van der Waals surface area (Å²) >= 11 is 13.3. The third-order valence-electron chi connectivity index (χ3n) is 2.46. The van der Waals surface area contributed by atoms with Crippen molar-refractivity contribution in [3.05, 3.63) is 0 Å². The molecule has 35 heavy (non-hydrogen) atoms. The van der Waals surface area contributed by atoms with Gasteiger partial charge >= 0.3 is 115 Å². The normalized spacial score (nSPS) is 9.69. The van der Waals surface area contributed by atoms with Gasteiger partial charge in [0.2, 0.25) is 4.38 Å². The molecule has 0 aliphatic rings. The van der Waals surface area contributed by atoms with E-state index in [-0.39, 0.29) is 169 Å². The molecule has 16 heteroatoms. The maximum absolute atomic E-state index is 11.3. The smallest absolute Gasteiger partial charge is 1.00 e. The van der Waals surface area contributed by atoms with Gasteiger partial charge in [0, 0.05) is 20.8 Å². The average Bonchev–Trinajstić information content (AvgIpc) is 2.69. The maximum Gasteiger partial charge on any atom is 1.00 e. The number of rotatable bonds is 12. The molecule has 0 aliphatic heterocycles. The van der Waals surface area contributed by atoms with Gasteiger partial charge in [-0.15, -0.1) is 0 Å². The Bertz CT molecular complexity index is 473. The summed E-state index contributed by atoms with van der Waals surface area (Å²) in [5.41, 5.74) is 2.10. The van der Waals surface area contributed by atoms with Crippen molar-refractivity contribution >= 4 is 87.5 Å². The number of halogens is 2. The van der Waals surface area contributed by atoms with E-state index in [0.717, 1.165) is 0 Å². The van der Waals surface area contributed by atoms with Crippen LogP contribution < -0.4 is 120 Å². The van der Waals surface area contributed by atoms with Crippen molar-refractivity contribution in [1.29, 1.82) is 0 Å². The van der Waals surface area contributed by atoms with Gasteiger partial charge in [0.15, 0.2) is 0 Å². The molecule has 0 bridgehead atoms. The summed E-state index contributed by atoms with van der Waals surface area (Å²) in [7, 11) is 3.11. The monoisotopic (exact) mass is 757 g/mol. The van der Waals surface area contributed by atoms with Gasteiger partial charge in [-0.05, 0) is 39.9 Å². The molecule has 0 amide bonds. The van der Waals surface area contributed by atoms with Crippen molar-refractivity contribution < 1.29 is 158 Å². The number of methoxy groups -OCH3 is 2. The molecule has 0 saturated heterocycles. The van der Waals surface area contributed by atoms with Crippen LogP contribution in [0.15, 0.2) is 0 Å². The van der Waals surface area contributed by atoms with Crippen LogP contribution >= 0.6 is 52.1 Å². The molecule has 0 aromatic carbocycles. The second kappa shape index (κ2) is 47.4. The van der Waals surface area contributed by atoms with Gasteiger partial charge in [0.1, 0.15) is 23.3 Å². The van der Waals surface area contributed by atoms with Gasteiger partial charge in [0.05, 0.1) is 19.8 Å². The van der Waals surface area contributed by atoms with Crippen LogP contribution in [0.5, 0.6) is 0 Å². The fourth-order valence-corrected chi connectivity index (χ4v) is 2.53. The Morgan fingerprint density at radius 3 is 1.63 bits per heavy atom. The van der Waals surface area contributed by atoms with Crippen LogP contribution in [0, 0.1) is 0 Å². The van der Waals surface area contributed by atoms with Crippen LogP contribution in [0.3, 0.4) is 0 Å². The average molecular weight is 760 g/mol. The Labute approximate surface area is 338 Å². The summed E-state index contributed by atoms with van der Waals surface area (Å²) in [5.74, 6) is -0.559. The van der Waals surface area contributed by atoms with Crippen molar-refractivity contribution in [1.82, 2.24) is 0 Å². The zero-order valence-corrected chi connectivity index (χ0v) is 33.9. The first kappa shape index (κ1) is 58.3. The van der Waals surface area contributed by atoms with Crippen molar-refractivity contribution in [2.75, 3.05) is 53.9 Å². The van der Waals surface area contributed by atoms with Crippen molar-refractivity contribution in [3.8, 4) is 0 Å². The quantitative estimate of drug-likeness (QED) is 0.0279. The number of thioether (sulfide) groups is 1. The summed E-state index contributed by atoms with van der Waals surface area (Å²) in [6.07, 6.45) is 0. The Morgan fingerprint density at radius 2 is 1.34 bits per heavy atom. The molecule has 0 rings (SSSR count). The van der Waals surface area contributed by atoms with Crippen LogP contribution in [0.1, 0.15) is 35.1 Å². The second-order valence-electron chi connectivity index (χ2n) is 4.90. The third kappa shape index (κ3) is 50.9. The fraction of sp³-hybridized carbons (Fsp3) is 0.789. The number of hydrogen-bond acceptors (Lipinski definition) is 12. The first-order chi connectivity index (χ1) is 14.2. The van der Waals surface area contributed by atoms with Gasteiger partial charge < -0.3 is 71.1 Å². The van der Waals surface area contributed by atoms with Crippen molar-refractivity contribution in [2.45, 2.75) is 45.2 Å². The molecular weight excluding hydrogens is 722 g/mol. The van der Waals surface area contributed by atoms with Gasteiger partial charge in [-0.25, -0.2) is 5.55 Å². The molecule has 0 aromatic heterocycles. The number of carbonyl (C=O) groups is 2. The molecule has 0 spiro atoms.